The van der Waals surface area contributed by atoms with Crippen LogP contribution in [0.15, 0.2) is 12.1 Å². The molecule has 2 fully saturated rings. The molecule has 5 N–H and O–H groups in total. The molecule has 108 valence electrons. The molecule has 1 amide bonds. The fourth-order valence-electron chi connectivity index (χ4n) is 3.40. The molecular formula is C14H19ClN4O. The van der Waals surface area contributed by atoms with E-state index >= 15 is 0 Å². The third kappa shape index (κ3) is 2.31. The van der Waals surface area contributed by atoms with E-state index in [4.69, 9.17) is 23.1 Å². The van der Waals surface area contributed by atoms with Crippen molar-refractivity contribution in [2.75, 3.05) is 24.1 Å². The number of hydrogen-bond donors (Lipinski definition) is 3. The van der Waals surface area contributed by atoms with E-state index < -0.39 is 5.91 Å². The molecule has 0 radical (unpaired) electrons. The molecule has 6 heteroatoms. The third-order valence-corrected chi connectivity index (χ3v) is 4.61. The van der Waals surface area contributed by atoms with Crippen molar-refractivity contribution < 1.29 is 4.79 Å². The van der Waals surface area contributed by atoms with E-state index in [-0.39, 0.29) is 0 Å². The number of halogens is 1. The summed E-state index contributed by atoms with van der Waals surface area (Å²) >= 11 is 6.24. The molecule has 1 aromatic carbocycles. The number of nitrogens with one attached hydrogen (secondary N) is 1. The lowest BCUT2D eigenvalue weighted by molar-refractivity contribution is 0.100. The normalized spacial score (nSPS) is 25.6. The molecule has 3 rings (SSSR count). The number of hydrogen-bond acceptors (Lipinski definition) is 4. The molecule has 2 saturated heterocycles. The van der Waals surface area contributed by atoms with Crippen LogP contribution >= 0.6 is 11.6 Å². The van der Waals surface area contributed by atoms with Gasteiger partial charge in [0, 0.05) is 24.3 Å². The van der Waals surface area contributed by atoms with Gasteiger partial charge in [-0.2, -0.15) is 0 Å². The summed E-state index contributed by atoms with van der Waals surface area (Å²) in [6.45, 7) is 2.27. The molecule has 5 nitrogen and oxygen atoms in total. The van der Waals surface area contributed by atoms with Gasteiger partial charge >= 0.3 is 0 Å². The molecule has 2 aliphatic heterocycles. The van der Waals surface area contributed by atoms with Gasteiger partial charge < -0.3 is 16.8 Å². The quantitative estimate of drug-likeness (QED) is 0.740. The van der Waals surface area contributed by atoms with Crippen molar-refractivity contribution in [1.82, 2.24) is 4.90 Å². The van der Waals surface area contributed by atoms with Gasteiger partial charge in [-0.3, -0.25) is 9.69 Å². The summed E-state index contributed by atoms with van der Waals surface area (Å²) in [7, 11) is 0. The number of nitrogen functional groups attached to an aromatic ring is 1. The van der Waals surface area contributed by atoms with E-state index in [1.54, 1.807) is 12.1 Å². The van der Waals surface area contributed by atoms with Crippen molar-refractivity contribution in [2.45, 2.75) is 31.3 Å². The lowest BCUT2D eigenvalue weighted by Crippen LogP contribution is -2.34. The molecule has 2 aliphatic rings. The number of anilines is 2. The molecular weight excluding hydrogens is 276 g/mol. The number of benzene rings is 1. The Kier molecular flexibility index (Phi) is 3.48. The summed E-state index contributed by atoms with van der Waals surface area (Å²) in [5.74, 6) is -0.511. The minimum Gasteiger partial charge on any atom is -0.399 e. The molecule has 20 heavy (non-hydrogen) atoms. The smallest absolute Gasteiger partial charge is 0.250 e. The maximum absolute atomic E-state index is 11.6. The maximum atomic E-state index is 11.6. The number of amides is 1. The van der Waals surface area contributed by atoms with Crippen molar-refractivity contribution in [3.63, 3.8) is 0 Å². The average Bonchev–Trinajstić information content (AvgIpc) is 2.96. The largest absolute Gasteiger partial charge is 0.399 e. The van der Waals surface area contributed by atoms with Crippen LogP contribution in [0.3, 0.4) is 0 Å². The summed E-state index contributed by atoms with van der Waals surface area (Å²) in [6.07, 6.45) is 3.49. The van der Waals surface area contributed by atoms with Crippen LogP contribution < -0.4 is 16.8 Å². The van der Waals surface area contributed by atoms with Gasteiger partial charge in [0.25, 0.3) is 5.91 Å². The molecule has 0 bridgehead atoms. The minimum atomic E-state index is -0.511. The Balaban J connectivity index is 1.88. The fraction of sp³-hybridized carbons (Fsp3) is 0.500. The fourth-order valence-corrected chi connectivity index (χ4v) is 3.69. The monoisotopic (exact) mass is 294 g/mol. The SMILES string of the molecule is NC(=O)c1cc(N)cc(Cl)c1NC1CCN2CCCC12. The highest BCUT2D eigenvalue weighted by Crippen LogP contribution is 2.34. The third-order valence-electron chi connectivity index (χ3n) is 4.31. The number of rotatable bonds is 3. The second kappa shape index (κ2) is 5.14. The summed E-state index contributed by atoms with van der Waals surface area (Å²) in [5, 5.41) is 3.88. The minimum absolute atomic E-state index is 0.316. The topological polar surface area (TPSA) is 84.4 Å². The van der Waals surface area contributed by atoms with Crippen LogP contribution in [-0.2, 0) is 0 Å². The molecule has 0 aliphatic carbocycles. The lowest BCUT2D eigenvalue weighted by Gasteiger charge is -2.24. The van der Waals surface area contributed by atoms with Gasteiger partial charge in [0.05, 0.1) is 16.3 Å². The van der Waals surface area contributed by atoms with Crippen LogP contribution in [0, 0.1) is 0 Å². The Morgan fingerprint density at radius 2 is 2.15 bits per heavy atom. The highest BCUT2D eigenvalue weighted by atomic mass is 35.5. The number of primary amides is 1. The molecule has 2 atom stereocenters. The first-order chi connectivity index (χ1) is 9.56. The van der Waals surface area contributed by atoms with Crippen molar-refractivity contribution in [3.8, 4) is 0 Å². The molecule has 0 spiro atoms. The second-order valence-corrected chi connectivity index (χ2v) is 5.98. The van der Waals surface area contributed by atoms with Gasteiger partial charge in [-0.05, 0) is 37.9 Å². The predicted molar refractivity (Wildman–Crippen MR) is 81.0 cm³/mol. The second-order valence-electron chi connectivity index (χ2n) is 5.57. The van der Waals surface area contributed by atoms with E-state index in [0.29, 0.717) is 34.0 Å². The Morgan fingerprint density at radius 1 is 1.35 bits per heavy atom. The first kappa shape index (κ1) is 13.5. The maximum Gasteiger partial charge on any atom is 0.250 e. The van der Waals surface area contributed by atoms with E-state index in [2.05, 4.69) is 10.2 Å². The summed E-state index contributed by atoms with van der Waals surface area (Å²) in [4.78, 5) is 14.1. The zero-order valence-corrected chi connectivity index (χ0v) is 12.0. The molecule has 2 heterocycles. The molecule has 0 aromatic heterocycles. The average molecular weight is 295 g/mol. The van der Waals surface area contributed by atoms with Gasteiger partial charge in [0.15, 0.2) is 0 Å². The van der Waals surface area contributed by atoms with Gasteiger partial charge in [-0.25, -0.2) is 0 Å². The Labute approximate surface area is 123 Å². The Morgan fingerprint density at radius 3 is 2.90 bits per heavy atom. The van der Waals surface area contributed by atoms with Crippen molar-refractivity contribution in [2.24, 2.45) is 5.73 Å². The van der Waals surface area contributed by atoms with E-state index in [1.807, 2.05) is 0 Å². The first-order valence-electron chi connectivity index (χ1n) is 6.95. The van der Waals surface area contributed by atoms with E-state index in [1.165, 1.54) is 19.4 Å². The highest BCUT2D eigenvalue weighted by molar-refractivity contribution is 6.34. The predicted octanol–water partition coefficient (Wildman–Crippen LogP) is 1.67. The first-order valence-corrected chi connectivity index (χ1v) is 7.33. The van der Waals surface area contributed by atoms with Crippen LogP contribution in [0.1, 0.15) is 29.6 Å². The number of fused-ring (bicyclic) bond motifs is 1. The van der Waals surface area contributed by atoms with Crippen molar-refractivity contribution in [1.29, 1.82) is 0 Å². The molecule has 1 aromatic rings. The molecule has 2 unspecified atom stereocenters. The lowest BCUT2D eigenvalue weighted by atomic mass is 10.0. The van der Waals surface area contributed by atoms with E-state index in [0.717, 1.165) is 13.0 Å². The Hall–Kier alpha value is -1.46. The van der Waals surface area contributed by atoms with Crippen LogP contribution in [0.5, 0.6) is 0 Å². The summed E-state index contributed by atoms with van der Waals surface area (Å²) in [5.41, 5.74) is 12.6. The summed E-state index contributed by atoms with van der Waals surface area (Å²) < 4.78 is 0. The van der Waals surface area contributed by atoms with Crippen LogP contribution in [0.25, 0.3) is 0 Å². The molecule has 0 saturated carbocycles. The van der Waals surface area contributed by atoms with Crippen LogP contribution in [-0.4, -0.2) is 36.0 Å². The number of nitrogens with zero attached hydrogens (tertiary/aromatic N) is 1. The number of carbonyl (C=O) groups excluding carboxylic acids is 1. The van der Waals surface area contributed by atoms with Gasteiger partial charge in [-0.1, -0.05) is 11.6 Å². The van der Waals surface area contributed by atoms with Crippen molar-refractivity contribution >= 4 is 28.9 Å². The van der Waals surface area contributed by atoms with Gasteiger partial charge in [0.1, 0.15) is 0 Å². The zero-order chi connectivity index (χ0) is 14.3. The number of nitrogens with two attached hydrogens (primary N) is 2. The van der Waals surface area contributed by atoms with Crippen LogP contribution in [0.4, 0.5) is 11.4 Å². The standard InChI is InChI=1S/C14H19ClN4O/c15-10-7-8(16)6-9(14(17)20)13(10)18-11-3-5-19-4-1-2-12(11)19/h6-7,11-12,18H,1-5,16H2,(H2,17,20). The van der Waals surface area contributed by atoms with Gasteiger partial charge in [-0.15, -0.1) is 0 Å². The highest BCUT2D eigenvalue weighted by Gasteiger charge is 2.37. The van der Waals surface area contributed by atoms with E-state index in [9.17, 15) is 4.79 Å². The Bertz CT molecular complexity index is 548. The van der Waals surface area contributed by atoms with Crippen molar-refractivity contribution in [3.05, 3.63) is 22.7 Å². The number of carbonyl (C=O) groups is 1. The summed E-state index contributed by atoms with van der Waals surface area (Å²) in [6, 6.07) is 4.08. The zero-order valence-electron chi connectivity index (χ0n) is 11.2. The van der Waals surface area contributed by atoms with Gasteiger partial charge in [0.2, 0.25) is 0 Å². The van der Waals surface area contributed by atoms with Crippen LogP contribution in [0.2, 0.25) is 5.02 Å².